The van der Waals surface area contributed by atoms with E-state index in [1.807, 2.05) is 0 Å². The molecule has 72 valence electrons. The maximum absolute atomic E-state index is 13.4. The minimum atomic E-state index is -2.83. The van der Waals surface area contributed by atoms with Crippen LogP contribution in [0.15, 0.2) is 30.3 Å². The van der Waals surface area contributed by atoms with Gasteiger partial charge in [-0.15, -0.1) is 0 Å². The fourth-order valence-electron chi connectivity index (χ4n) is 1.04. The molecule has 4 heteroatoms. The lowest BCUT2D eigenvalue weighted by Crippen LogP contribution is -2.34. The van der Waals surface area contributed by atoms with Gasteiger partial charge in [0.1, 0.15) is 6.07 Å². The minimum absolute atomic E-state index is 0.431. The van der Waals surface area contributed by atoms with Crippen molar-refractivity contribution >= 4 is 5.97 Å². The first kappa shape index (κ1) is 10.2. The van der Waals surface area contributed by atoms with Crippen LogP contribution in [-0.2, 0) is 11.2 Å². The highest BCUT2D eigenvalue weighted by molar-refractivity contribution is 5.81. The van der Waals surface area contributed by atoms with Gasteiger partial charge in [0.2, 0.25) is 0 Å². The van der Waals surface area contributed by atoms with E-state index in [1.165, 1.54) is 0 Å². The smallest absolute Gasteiger partial charge is 0.356 e. The topological polar surface area (TPSA) is 61.1 Å². The number of carbonyl (C=O) groups is 1. The number of halogens is 1. The van der Waals surface area contributed by atoms with Crippen molar-refractivity contribution in [3.05, 3.63) is 35.9 Å². The molecule has 0 aliphatic heterocycles. The number of aliphatic carboxylic acids is 1. The summed E-state index contributed by atoms with van der Waals surface area (Å²) in [6, 6.07) is 9.37. The number of benzene rings is 1. The highest BCUT2D eigenvalue weighted by atomic mass is 19.1. The van der Waals surface area contributed by atoms with Crippen molar-refractivity contribution in [1.29, 1.82) is 5.26 Å². The first-order valence-corrected chi connectivity index (χ1v) is 3.96. The van der Waals surface area contributed by atoms with E-state index in [0.717, 1.165) is 6.07 Å². The number of nitrogens with zero attached hydrogens (tertiary/aromatic N) is 1. The van der Waals surface area contributed by atoms with Crippen LogP contribution >= 0.6 is 0 Å². The van der Waals surface area contributed by atoms with Crippen molar-refractivity contribution in [3.8, 4) is 6.07 Å². The predicted octanol–water partition coefficient (Wildman–Crippen LogP) is 1.55. The Morgan fingerprint density at radius 2 is 2.07 bits per heavy atom. The van der Waals surface area contributed by atoms with Gasteiger partial charge in [-0.2, -0.15) is 5.26 Å². The minimum Gasteiger partial charge on any atom is -0.478 e. The molecule has 0 aliphatic carbocycles. The summed E-state index contributed by atoms with van der Waals surface area (Å²) in [5, 5.41) is 16.9. The van der Waals surface area contributed by atoms with Gasteiger partial charge in [-0.1, -0.05) is 30.3 Å². The summed E-state index contributed by atoms with van der Waals surface area (Å²) >= 11 is 0. The molecule has 1 N–H and O–H groups in total. The zero-order chi connectivity index (χ0) is 10.6. The Labute approximate surface area is 80.4 Å². The predicted molar refractivity (Wildman–Crippen MR) is 47.2 cm³/mol. The van der Waals surface area contributed by atoms with Crippen LogP contribution in [0.4, 0.5) is 4.39 Å². The number of carboxylic acid groups (broad SMARTS) is 1. The Morgan fingerprint density at radius 1 is 1.50 bits per heavy atom. The van der Waals surface area contributed by atoms with Crippen molar-refractivity contribution < 1.29 is 14.3 Å². The van der Waals surface area contributed by atoms with Gasteiger partial charge >= 0.3 is 5.97 Å². The molecule has 0 bridgehead atoms. The van der Waals surface area contributed by atoms with E-state index in [-0.39, 0.29) is 0 Å². The van der Waals surface area contributed by atoms with E-state index in [1.54, 1.807) is 30.3 Å². The Kier molecular flexibility index (Phi) is 2.82. The standard InChI is InChI=1S/C10H8FNO2/c11-10(7-12,9(13)14)6-8-4-2-1-3-5-8/h1-5H,6H2,(H,13,14). The molecule has 1 atom stereocenters. The molecule has 0 saturated heterocycles. The third kappa shape index (κ3) is 2.07. The molecule has 0 aliphatic rings. The largest absolute Gasteiger partial charge is 0.478 e. The zero-order valence-electron chi connectivity index (χ0n) is 7.27. The van der Waals surface area contributed by atoms with Crippen molar-refractivity contribution in [2.24, 2.45) is 0 Å². The molecule has 0 fully saturated rings. The normalized spacial score (nSPS) is 14.0. The number of carboxylic acids is 1. The third-order valence-electron chi connectivity index (χ3n) is 1.81. The average Bonchev–Trinajstić information content (AvgIpc) is 2.19. The maximum Gasteiger partial charge on any atom is 0.356 e. The molecule has 3 nitrogen and oxygen atoms in total. The lowest BCUT2D eigenvalue weighted by atomic mass is 9.98. The van der Waals surface area contributed by atoms with Crippen LogP contribution in [-0.4, -0.2) is 16.7 Å². The fraction of sp³-hybridized carbons (Fsp3) is 0.200. The summed E-state index contributed by atoms with van der Waals surface area (Å²) in [6.07, 6.45) is -0.431. The van der Waals surface area contributed by atoms with Crippen molar-refractivity contribution in [3.63, 3.8) is 0 Å². The lowest BCUT2D eigenvalue weighted by Gasteiger charge is -2.11. The maximum atomic E-state index is 13.4. The summed E-state index contributed by atoms with van der Waals surface area (Å²) < 4.78 is 13.4. The number of nitriles is 1. The summed E-state index contributed by atoms with van der Waals surface area (Å²) in [7, 11) is 0. The summed E-state index contributed by atoms with van der Waals surface area (Å²) in [5.74, 6) is -1.75. The van der Waals surface area contributed by atoms with E-state index in [4.69, 9.17) is 10.4 Å². The van der Waals surface area contributed by atoms with Crippen LogP contribution in [0.1, 0.15) is 5.56 Å². The second-order valence-corrected chi connectivity index (χ2v) is 2.88. The Balaban J connectivity index is 2.88. The molecule has 1 aromatic carbocycles. The van der Waals surface area contributed by atoms with Crippen molar-refractivity contribution in [2.45, 2.75) is 12.1 Å². The van der Waals surface area contributed by atoms with E-state index in [9.17, 15) is 9.18 Å². The molecule has 1 rings (SSSR count). The van der Waals surface area contributed by atoms with E-state index >= 15 is 0 Å². The van der Waals surface area contributed by atoms with Crippen LogP contribution in [0, 0.1) is 11.3 Å². The molecule has 0 radical (unpaired) electrons. The number of alkyl halides is 1. The van der Waals surface area contributed by atoms with E-state index in [0.29, 0.717) is 5.56 Å². The number of hydrogen-bond acceptors (Lipinski definition) is 2. The van der Waals surface area contributed by atoms with E-state index in [2.05, 4.69) is 0 Å². The first-order valence-electron chi connectivity index (χ1n) is 3.96. The van der Waals surface area contributed by atoms with Gasteiger partial charge < -0.3 is 5.11 Å². The highest BCUT2D eigenvalue weighted by Gasteiger charge is 2.39. The molecule has 0 amide bonds. The molecule has 14 heavy (non-hydrogen) atoms. The lowest BCUT2D eigenvalue weighted by molar-refractivity contribution is -0.146. The second-order valence-electron chi connectivity index (χ2n) is 2.88. The van der Waals surface area contributed by atoms with Crippen LogP contribution in [0.2, 0.25) is 0 Å². The summed E-state index contributed by atoms with van der Waals surface area (Å²) in [5.41, 5.74) is -2.35. The molecule has 0 saturated carbocycles. The SMILES string of the molecule is N#CC(F)(Cc1ccccc1)C(=O)O. The Bertz CT molecular complexity index is 371. The number of hydrogen-bond donors (Lipinski definition) is 1. The second kappa shape index (κ2) is 3.88. The molecule has 1 unspecified atom stereocenters. The van der Waals surface area contributed by atoms with Crippen LogP contribution in [0.25, 0.3) is 0 Å². The quantitative estimate of drug-likeness (QED) is 0.792. The van der Waals surface area contributed by atoms with Crippen LogP contribution < -0.4 is 0 Å². The van der Waals surface area contributed by atoms with Crippen molar-refractivity contribution in [2.75, 3.05) is 0 Å². The molecule has 1 aromatic rings. The van der Waals surface area contributed by atoms with Crippen LogP contribution in [0.3, 0.4) is 0 Å². The summed E-state index contributed by atoms with van der Waals surface area (Å²) in [4.78, 5) is 10.5. The number of rotatable bonds is 3. The fourth-order valence-corrected chi connectivity index (χ4v) is 1.04. The molecular weight excluding hydrogens is 185 g/mol. The first-order chi connectivity index (χ1) is 6.58. The van der Waals surface area contributed by atoms with Gasteiger partial charge in [0.05, 0.1) is 0 Å². The molecular formula is C10H8FNO2. The van der Waals surface area contributed by atoms with Gasteiger partial charge in [-0.3, -0.25) is 0 Å². The van der Waals surface area contributed by atoms with E-state index < -0.39 is 18.1 Å². The highest BCUT2D eigenvalue weighted by Crippen LogP contribution is 2.17. The molecule has 0 aromatic heterocycles. The molecule has 0 heterocycles. The van der Waals surface area contributed by atoms with Gasteiger partial charge in [0, 0.05) is 6.42 Å². The monoisotopic (exact) mass is 193 g/mol. The van der Waals surface area contributed by atoms with Crippen LogP contribution in [0.5, 0.6) is 0 Å². The third-order valence-corrected chi connectivity index (χ3v) is 1.81. The average molecular weight is 193 g/mol. The molecule has 0 spiro atoms. The summed E-state index contributed by atoms with van der Waals surface area (Å²) in [6.45, 7) is 0. The van der Waals surface area contributed by atoms with Gasteiger partial charge in [-0.05, 0) is 5.56 Å². The van der Waals surface area contributed by atoms with Gasteiger partial charge in [0.25, 0.3) is 5.67 Å². The zero-order valence-corrected chi connectivity index (χ0v) is 7.27. The Morgan fingerprint density at radius 3 is 2.50 bits per heavy atom. The van der Waals surface area contributed by atoms with Gasteiger partial charge in [-0.25, -0.2) is 9.18 Å². The van der Waals surface area contributed by atoms with Crippen molar-refractivity contribution in [1.82, 2.24) is 0 Å². The van der Waals surface area contributed by atoms with Gasteiger partial charge in [0.15, 0.2) is 0 Å². The Hall–Kier alpha value is -1.89.